The van der Waals surface area contributed by atoms with Crippen molar-refractivity contribution in [2.75, 3.05) is 19.8 Å². The quantitative estimate of drug-likeness (QED) is 0.760. The van der Waals surface area contributed by atoms with Gasteiger partial charge in [0.05, 0.1) is 6.54 Å². The van der Waals surface area contributed by atoms with E-state index in [0.29, 0.717) is 24.8 Å². The summed E-state index contributed by atoms with van der Waals surface area (Å²) in [4.78, 5) is 11.8. The molecule has 2 rings (SSSR count). The van der Waals surface area contributed by atoms with Crippen LogP contribution in [0, 0.1) is 0 Å². The summed E-state index contributed by atoms with van der Waals surface area (Å²) in [5, 5.41) is 2.77. The molecule has 1 N–H and O–H groups in total. The standard InChI is InChI=1S/C19H23NO3/c1-15(2)16-7-6-10-18(13-16)23-14-19(21)20-11-12-22-17-8-4-3-5-9-17/h3-10,13,15H,11-12,14H2,1-2H3,(H,20,21). The van der Waals surface area contributed by atoms with Gasteiger partial charge < -0.3 is 14.8 Å². The number of hydrogen-bond donors (Lipinski definition) is 1. The number of rotatable bonds is 8. The molecule has 0 spiro atoms. The summed E-state index contributed by atoms with van der Waals surface area (Å²) >= 11 is 0. The van der Waals surface area contributed by atoms with Crippen LogP contribution >= 0.6 is 0 Å². The first-order valence-electron chi connectivity index (χ1n) is 7.82. The maximum Gasteiger partial charge on any atom is 0.258 e. The van der Waals surface area contributed by atoms with Gasteiger partial charge in [-0.05, 0) is 35.7 Å². The smallest absolute Gasteiger partial charge is 0.258 e. The number of benzene rings is 2. The summed E-state index contributed by atoms with van der Waals surface area (Å²) in [6, 6.07) is 17.3. The van der Waals surface area contributed by atoms with Crippen LogP contribution in [0.1, 0.15) is 25.3 Å². The number of carbonyl (C=O) groups is 1. The molecule has 0 aliphatic rings. The van der Waals surface area contributed by atoms with Crippen LogP contribution in [-0.4, -0.2) is 25.7 Å². The Morgan fingerprint density at radius 2 is 1.74 bits per heavy atom. The second-order valence-electron chi connectivity index (χ2n) is 5.53. The maximum absolute atomic E-state index is 11.8. The Labute approximate surface area is 137 Å². The van der Waals surface area contributed by atoms with Crippen LogP contribution in [0.15, 0.2) is 54.6 Å². The lowest BCUT2D eigenvalue weighted by Crippen LogP contribution is -2.32. The number of hydrogen-bond acceptors (Lipinski definition) is 3. The van der Waals surface area contributed by atoms with Crippen LogP contribution in [0.2, 0.25) is 0 Å². The molecule has 0 bridgehead atoms. The van der Waals surface area contributed by atoms with Crippen molar-refractivity contribution < 1.29 is 14.3 Å². The summed E-state index contributed by atoms with van der Waals surface area (Å²) in [5.41, 5.74) is 1.19. The largest absolute Gasteiger partial charge is 0.492 e. The van der Waals surface area contributed by atoms with E-state index in [1.54, 1.807) is 0 Å². The molecule has 2 aromatic rings. The van der Waals surface area contributed by atoms with Gasteiger partial charge in [0.2, 0.25) is 0 Å². The Morgan fingerprint density at radius 3 is 2.48 bits per heavy atom. The Hall–Kier alpha value is -2.49. The van der Waals surface area contributed by atoms with E-state index in [1.807, 2.05) is 48.5 Å². The third kappa shape index (κ3) is 6.02. The van der Waals surface area contributed by atoms with Crippen molar-refractivity contribution in [1.82, 2.24) is 5.32 Å². The molecule has 0 aliphatic heterocycles. The monoisotopic (exact) mass is 313 g/mol. The predicted octanol–water partition coefficient (Wildman–Crippen LogP) is 3.38. The van der Waals surface area contributed by atoms with Gasteiger partial charge in [0, 0.05) is 0 Å². The highest BCUT2D eigenvalue weighted by atomic mass is 16.5. The normalized spacial score (nSPS) is 10.4. The van der Waals surface area contributed by atoms with Crippen LogP contribution < -0.4 is 14.8 Å². The van der Waals surface area contributed by atoms with E-state index in [4.69, 9.17) is 9.47 Å². The molecule has 0 aliphatic carbocycles. The molecule has 0 aromatic heterocycles. The minimum absolute atomic E-state index is 0.00683. The van der Waals surface area contributed by atoms with Crippen LogP contribution in [-0.2, 0) is 4.79 Å². The summed E-state index contributed by atoms with van der Waals surface area (Å²) in [7, 11) is 0. The molecule has 0 saturated heterocycles. The number of amides is 1. The Morgan fingerprint density at radius 1 is 1.00 bits per heavy atom. The lowest BCUT2D eigenvalue weighted by atomic mass is 10.0. The first-order chi connectivity index (χ1) is 11.1. The van der Waals surface area contributed by atoms with Crippen molar-refractivity contribution in [2.45, 2.75) is 19.8 Å². The van der Waals surface area contributed by atoms with Crippen molar-refractivity contribution in [3.8, 4) is 11.5 Å². The highest BCUT2D eigenvalue weighted by Gasteiger charge is 2.04. The number of ether oxygens (including phenoxy) is 2. The molecule has 4 nitrogen and oxygen atoms in total. The van der Waals surface area contributed by atoms with Gasteiger partial charge in [0.15, 0.2) is 6.61 Å². The van der Waals surface area contributed by atoms with Gasteiger partial charge in [-0.1, -0.05) is 44.2 Å². The minimum atomic E-state index is -0.156. The topological polar surface area (TPSA) is 47.6 Å². The average Bonchev–Trinajstić information content (AvgIpc) is 2.58. The predicted molar refractivity (Wildman–Crippen MR) is 91.0 cm³/mol. The van der Waals surface area contributed by atoms with Crippen LogP contribution in [0.3, 0.4) is 0 Å². The summed E-state index contributed by atoms with van der Waals surface area (Å²) in [5.74, 6) is 1.79. The molecule has 0 unspecified atom stereocenters. The second kappa shape index (κ2) is 8.83. The highest BCUT2D eigenvalue weighted by molar-refractivity contribution is 5.77. The van der Waals surface area contributed by atoms with Gasteiger partial charge in [-0.25, -0.2) is 0 Å². The SMILES string of the molecule is CC(C)c1cccc(OCC(=O)NCCOc2ccccc2)c1. The molecule has 0 radical (unpaired) electrons. The van der Waals surface area contributed by atoms with Crippen LogP contribution in [0.5, 0.6) is 11.5 Å². The van der Waals surface area contributed by atoms with E-state index in [0.717, 1.165) is 5.75 Å². The van der Waals surface area contributed by atoms with Crippen molar-refractivity contribution in [3.05, 3.63) is 60.2 Å². The molecule has 0 saturated carbocycles. The summed E-state index contributed by atoms with van der Waals surface area (Å²) in [6.07, 6.45) is 0. The fourth-order valence-electron chi connectivity index (χ4n) is 2.04. The number of nitrogens with one attached hydrogen (secondary N) is 1. The van der Waals surface area contributed by atoms with E-state index in [9.17, 15) is 4.79 Å². The summed E-state index contributed by atoms with van der Waals surface area (Å²) < 4.78 is 11.0. The molecule has 2 aromatic carbocycles. The minimum Gasteiger partial charge on any atom is -0.492 e. The average molecular weight is 313 g/mol. The van der Waals surface area contributed by atoms with Gasteiger partial charge in [0.25, 0.3) is 5.91 Å². The lowest BCUT2D eigenvalue weighted by Gasteiger charge is -2.10. The molecular formula is C19H23NO3. The van der Waals surface area contributed by atoms with E-state index in [1.165, 1.54) is 5.56 Å². The Bertz CT molecular complexity index is 611. The third-order valence-corrected chi connectivity index (χ3v) is 3.33. The zero-order valence-corrected chi connectivity index (χ0v) is 13.6. The molecule has 0 fully saturated rings. The number of para-hydroxylation sites is 1. The zero-order valence-electron chi connectivity index (χ0n) is 13.6. The van der Waals surface area contributed by atoms with E-state index >= 15 is 0 Å². The number of carbonyl (C=O) groups excluding carboxylic acids is 1. The fourth-order valence-corrected chi connectivity index (χ4v) is 2.04. The molecular weight excluding hydrogens is 290 g/mol. The first kappa shape index (κ1) is 16.9. The van der Waals surface area contributed by atoms with Gasteiger partial charge in [0.1, 0.15) is 18.1 Å². The van der Waals surface area contributed by atoms with E-state index in [2.05, 4.69) is 25.2 Å². The third-order valence-electron chi connectivity index (χ3n) is 3.33. The molecule has 122 valence electrons. The maximum atomic E-state index is 11.8. The van der Waals surface area contributed by atoms with Crippen LogP contribution in [0.25, 0.3) is 0 Å². The fraction of sp³-hybridized carbons (Fsp3) is 0.316. The van der Waals surface area contributed by atoms with Crippen LogP contribution in [0.4, 0.5) is 0 Å². The zero-order chi connectivity index (χ0) is 16.5. The summed E-state index contributed by atoms with van der Waals surface area (Å²) in [6.45, 7) is 5.13. The van der Waals surface area contributed by atoms with Gasteiger partial charge in [-0.2, -0.15) is 0 Å². The van der Waals surface area contributed by atoms with Gasteiger partial charge in [-0.15, -0.1) is 0 Å². The Kier molecular flexibility index (Phi) is 6.48. The van der Waals surface area contributed by atoms with Crippen molar-refractivity contribution >= 4 is 5.91 Å². The van der Waals surface area contributed by atoms with Gasteiger partial charge >= 0.3 is 0 Å². The van der Waals surface area contributed by atoms with Gasteiger partial charge in [-0.3, -0.25) is 4.79 Å². The molecule has 23 heavy (non-hydrogen) atoms. The molecule has 0 atom stereocenters. The highest BCUT2D eigenvalue weighted by Crippen LogP contribution is 2.19. The molecule has 0 heterocycles. The lowest BCUT2D eigenvalue weighted by molar-refractivity contribution is -0.123. The van der Waals surface area contributed by atoms with E-state index in [-0.39, 0.29) is 12.5 Å². The molecule has 4 heteroatoms. The van der Waals surface area contributed by atoms with E-state index < -0.39 is 0 Å². The first-order valence-corrected chi connectivity index (χ1v) is 7.82. The van der Waals surface area contributed by atoms with Crippen molar-refractivity contribution in [3.63, 3.8) is 0 Å². The van der Waals surface area contributed by atoms with Crippen molar-refractivity contribution in [2.24, 2.45) is 0 Å². The van der Waals surface area contributed by atoms with Crippen molar-refractivity contribution in [1.29, 1.82) is 0 Å². The second-order valence-corrected chi connectivity index (χ2v) is 5.53. The Balaban J connectivity index is 1.66. The molecule has 1 amide bonds.